The van der Waals surface area contributed by atoms with Gasteiger partial charge in [-0.15, -0.1) is 0 Å². The van der Waals surface area contributed by atoms with E-state index in [9.17, 15) is 40.3 Å². The van der Waals surface area contributed by atoms with Gasteiger partial charge in [-0.25, -0.2) is 14.0 Å². The highest BCUT2D eigenvalue weighted by Gasteiger charge is 2.44. The Morgan fingerprint density at radius 2 is 1.78 bits per heavy atom. The van der Waals surface area contributed by atoms with Crippen LogP contribution in [-0.2, 0) is 21.8 Å². The molecule has 2 fully saturated rings. The van der Waals surface area contributed by atoms with Crippen LogP contribution in [0.3, 0.4) is 0 Å². The quantitative estimate of drug-likeness (QED) is 0.280. The lowest BCUT2D eigenvalue weighted by Crippen LogP contribution is -2.36. The SMILES string of the molecule is CN(C(=O)Oc1c(N2CCN(CCOCC3CCCO3)C2=O)cc(C(F)(F)F)cc1C(F)(F)F)c1ccc(F)cc1. The first-order chi connectivity index (χ1) is 19.3. The number of anilines is 2. The molecule has 2 aliphatic rings. The summed E-state index contributed by atoms with van der Waals surface area (Å²) in [6, 6.07) is 3.56. The van der Waals surface area contributed by atoms with Gasteiger partial charge in [0, 0.05) is 39.0 Å². The number of amides is 3. The van der Waals surface area contributed by atoms with Crippen LogP contribution < -0.4 is 14.5 Å². The van der Waals surface area contributed by atoms with E-state index in [2.05, 4.69) is 0 Å². The minimum absolute atomic E-state index is 0.0234. The maximum absolute atomic E-state index is 14.1. The van der Waals surface area contributed by atoms with E-state index in [1.165, 1.54) is 4.90 Å². The van der Waals surface area contributed by atoms with Crippen LogP contribution in [0.4, 0.5) is 51.7 Å². The number of hydrogen-bond donors (Lipinski definition) is 0. The molecule has 0 spiro atoms. The average molecular weight is 593 g/mol. The number of nitrogens with zero attached hydrogens (tertiary/aromatic N) is 3. The molecule has 0 bridgehead atoms. The highest BCUT2D eigenvalue weighted by molar-refractivity contribution is 5.97. The fourth-order valence-electron chi connectivity index (χ4n) is 4.40. The molecule has 0 saturated carbocycles. The highest BCUT2D eigenvalue weighted by atomic mass is 19.4. The zero-order valence-corrected chi connectivity index (χ0v) is 21.7. The van der Waals surface area contributed by atoms with Crippen LogP contribution in [-0.4, -0.2) is 69.6 Å². The summed E-state index contributed by atoms with van der Waals surface area (Å²) in [5.74, 6) is -1.91. The maximum atomic E-state index is 14.1. The number of hydrogen-bond acceptors (Lipinski definition) is 5. The van der Waals surface area contributed by atoms with Crippen molar-refractivity contribution in [1.82, 2.24) is 4.90 Å². The Hall–Kier alpha value is -3.59. The lowest BCUT2D eigenvalue weighted by Gasteiger charge is -2.26. The van der Waals surface area contributed by atoms with Gasteiger partial charge in [0.15, 0.2) is 5.75 Å². The number of benzene rings is 2. The Morgan fingerprint density at radius 3 is 2.39 bits per heavy atom. The summed E-state index contributed by atoms with van der Waals surface area (Å²) in [6.45, 7) is 0.701. The van der Waals surface area contributed by atoms with Gasteiger partial charge in [-0.05, 0) is 49.2 Å². The van der Waals surface area contributed by atoms with Gasteiger partial charge in [0.25, 0.3) is 0 Å². The fourth-order valence-corrected chi connectivity index (χ4v) is 4.40. The van der Waals surface area contributed by atoms with Crippen molar-refractivity contribution < 1.29 is 54.5 Å². The molecule has 2 aromatic rings. The summed E-state index contributed by atoms with van der Waals surface area (Å²) >= 11 is 0. The fraction of sp³-hybridized carbons (Fsp3) is 0.462. The van der Waals surface area contributed by atoms with Gasteiger partial charge in [0.2, 0.25) is 0 Å². The van der Waals surface area contributed by atoms with Crippen molar-refractivity contribution in [3.05, 3.63) is 53.3 Å². The van der Waals surface area contributed by atoms with Crippen molar-refractivity contribution in [2.75, 3.05) is 56.3 Å². The van der Waals surface area contributed by atoms with Crippen LogP contribution in [0.25, 0.3) is 0 Å². The Bertz CT molecular complexity index is 1250. The Kier molecular flexibility index (Phi) is 8.97. The average Bonchev–Trinajstić information content (AvgIpc) is 3.55. The number of carbonyl (C=O) groups is 2. The summed E-state index contributed by atoms with van der Waals surface area (Å²) in [5, 5.41) is 0. The molecule has 0 radical (unpaired) electrons. The van der Waals surface area contributed by atoms with Crippen molar-refractivity contribution in [1.29, 1.82) is 0 Å². The monoisotopic (exact) mass is 593 g/mol. The number of ether oxygens (including phenoxy) is 3. The Morgan fingerprint density at radius 1 is 1.07 bits per heavy atom. The van der Waals surface area contributed by atoms with Gasteiger partial charge in [-0.2, -0.15) is 26.3 Å². The third kappa shape index (κ3) is 7.19. The van der Waals surface area contributed by atoms with Crippen molar-refractivity contribution >= 4 is 23.5 Å². The summed E-state index contributed by atoms with van der Waals surface area (Å²) in [6.07, 6.45) is -10.4. The molecule has 8 nitrogen and oxygen atoms in total. The number of carbonyl (C=O) groups excluding carboxylic acids is 2. The number of rotatable bonds is 8. The Balaban J connectivity index is 1.62. The molecule has 2 saturated heterocycles. The van der Waals surface area contributed by atoms with Crippen molar-refractivity contribution in [3.63, 3.8) is 0 Å². The van der Waals surface area contributed by atoms with Crippen molar-refractivity contribution in [2.45, 2.75) is 31.3 Å². The van der Waals surface area contributed by atoms with Gasteiger partial charge in [-0.3, -0.25) is 9.80 Å². The van der Waals surface area contributed by atoms with Crippen LogP contribution in [0.1, 0.15) is 24.0 Å². The molecule has 2 heterocycles. The first kappa shape index (κ1) is 30.4. The molecule has 2 aromatic carbocycles. The van der Waals surface area contributed by atoms with Gasteiger partial charge in [0.05, 0.1) is 30.6 Å². The molecular formula is C26H26F7N3O5. The molecule has 4 rings (SSSR count). The first-order valence-electron chi connectivity index (χ1n) is 12.5. The van der Waals surface area contributed by atoms with Crippen molar-refractivity contribution in [3.8, 4) is 5.75 Å². The smallest absolute Gasteiger partial charge is 0.407 e. The topological polar surface area (TPSA) is 71.6 Å². The summed E-state index contributed by atoms with van der Waals surface area (Å²) in [5.41, 5.74) is -4.42. The second-order valence-electron chi connectivity index (χ2n) is 9.40. The molecule has 1 unspecified atom stereocenters. The van der Waals surface area contributed by atoms with E-state index in [0.29, 0.717) is 17.6 Å². The molecule has 0 aromatic heterocycles. The number of halogens is 7. The van der Waals surface area contributed by atoms with E-state index < -0.39 is 52.9 Å². The van der Waals surface area contributed by atoms with Gasteiger partial charge in [0.1, 0.15) is 11.4 Å². The third-order valence-electron chi connectivity index (χ3n) is 6.60. The van der Waals surface area contributed by atoms with E-state index in [4.69, 9.17) is 14.2 Å². The summed E-state index contributed by atoms with van der Waals surface area (Å²) in [7, 11) is 1.12. The predicted molar refractivity (Wildman–Crippen MR) is 131 cm³/mol. The second kappa shape index (κ2) is 12.1. The zero-order valence-electron chi connectivity index (χ0n) is 21.7. The van der Waals surface area contributed by atoms with Crippen LogP contribution >= 0.6 is 0 Å². The first-order valence-corrected chi connectivity index (χ1v) is 12.5. The molecule has 41 heavy (non-hydrogen) atoms. The Labute approximate surface area is 230 Å². The van der Waals surface area contributed by atoms with E-state index in [-0.39, 0.29) is 50.7 Å². The van der Waals surface area contributed by atoms with E-state index in [1.54, 1.807) is 0 Å². The maximum Gasteiger partial charge on any atom is 0.420 e. The molecular weight excluding hydrogens is 567 g/mol. The van der Waals surface area contributed by atoms with E-state index in [1.807, 2.05) is 0 Å². The molecule has 0 N–H and O–H groups in total. The van der Waals surface area contributed by atoms with Gasteiger partial charge in [-0.1, -0.05) is 0 Å². The van der Waals surface area contributed by atoms with Gasteiger partial charge >= 0.3 is 24.5 Å². The zero-order chi connectivity index (χ0) is 29.9. The summed E-state index contributed by atoms with van der Waals surface area (Å²) < 4.78 is 112. The minimum atomic E-state index is -5.39. The lowest BCUT2D eigenvalue weighted by molar-refractivity contribution is -0.143. The van der Waals surface area contributed by atoms with Crippen LogP contribution in [0, 0.1) is 5.82 Å². The van der Waals surface area contributed by atoms with Gasteiger partial charge < -0.3 is 19.1 Å². The van der Waals surface area contributed by atoms with Crippen LogP contribution in [0.5, 0.6) is 5.75 Å². The predicted octanol–water partition coefficient (Wildman–Crippen LogP) is 5.94. The third-order valence-corrected chi connectivity index (χ3v) is 6.60. The molecule has 2 aliphatic heterocycles. The largest absolute Gasteiger partial charge is 0.420 e. The molecule has 15 heteroatoms. The second-order valence-corrected chi connectivity index (χ2v) is 9.40. The minimum Gasteiger partial charge on any atom is -0.407 e. The van der Waals surface area contributed by atoms with Crippen molar-refractivity contribution in [2.24, 2.45) is 0 Å². The van der Waals surface area contributed by atoms with E-state index >= 15 is 0 Å². The van der Waals surface area contributed by atoms with E-state index in [0.717, 1.165) is 49.1 Å². The van der Waals surface area contributed by atoms with Crippen LogP contribution in [0.2, 0.25) is 0 Å². The normalized spacial score (nSPS) is 17.9. The summed E-state index contributed by atoms with van der Waals surface area (Å²) in [4.78, 5) is 28.6. The molecule has 224 valence electrons. The molecule has 3 amide bonds. The molecule has 1 atom stereocenters. The molecule has 0 aliphatic carbocycles. The number of alkyl halides is 6. The number of urea groups is 1. The van der Waals surface area contributed by atoms with Crippen LogP contribution in [0.15, 0.2) is 36.4 Å². The standard InChI is InChI=1S/C26H26F7N3O5/c1-34(18-6-4-17(27)5-7-18)24(38)41-22-20(26(31,32)33)13-16(25(28,29)30)14-21(22)36-9-8-35(23(36)37)10-12-39-15-19-3-2-11-40-19/h4-7,13-14,19H,2-3,8-12,15H2,1H3. The lowest BCUT2D eigenvalue weighted by atomic mass is 10.1. The highest BCUT2D eigenvalue weighted by Crippen LogP contribution is 2.47.